The summed E-state index contributed by atoms with van der Waals surface area (Å²) in [4.78, 5) is 29.5. The Balaban J connectivity index is 1.33. The lowest BCUT2D eigenvalue weighted by Gasteiger charge is -2.35. The van der Waals surface area contributed by atoms with Crippen LogP contribution in [-0.4, -0.2) is 45.8 Å². The van der Waals surface area contributed by atoms with Crippen LogP contribution in [0, 0.1) is 5.92 Å². The summed E-state index contributed by atoms with van der Waals surface area (Å²) >= 11 is 5.81. The highest BCUT2D eigenvalue weighted by Gasteiger charge is 2.37. The summed E-state index contributed by atoms with van der Waals surface area (Å²) in [6, 6.07) is 10.3. The number of aryl methyl sites for hydroxylation is 1. The maximum absolute atomic E-state index is 14.4. The predicted molar refractivity (Wildman–Crippen MR) is 161 cm³/mol. The quantitative estimate of drug-likeness (QED) is 0.241. The summed E-state index contributed by atoms with van der Waals surface area (Å²) in [5.41, 5.74) is 2.75. The van der Waals surface area contributed by atoms with Crippen LogP contribution in [0.1, 0.15) is 58.9 Å². The van der Waals surface area contributed by atoms with Gasteiger partial charge in [-0.1, -0.05) is 30.9 Å². The third-order valence-corrected chi connectivity index (χ3v) is 9.38. The molecule has 0 N–H and O–H groups in total. The third kappa shape index (κ3) is 5.01. The first-order chi connectivity index (χ1) is 21.5. The van der Waals surface area contributed by atoms with Gasteiger partial charge in [0.15, 0.2) is 5.82 Å². The first-order valence-electron chi connectivity index (χ1n) is 14.8. The molecule has 4 heterocycles. The average Bonchev–Trinajstić information content (AvgIpc) is 3.61. The predicted octanol–water partition coefficient (Wildman–Crippen LogP) is 5.88. The summed E-state index contributed by atoms with van der Waals surface area (Å²) in [6.45, 7) is 1.80. The monoisotopic (exact) mass is 635 g/mol. The molecular weight excluding hydrogens is 607 g/mol. The van der Waals surface area contributed by atoms with E-state index in [1.807, 2.05) is 35.9 Å². The molecule has 1 fully saturated rings. The zero-order valence-electron chi connectivity index (χ0n) is 24.6. The van der Waals surface area contributed by atoms with Crippen LogP contribution < -0.4 is 5.56 Å². The number of rotatable bonds is 5. The van der Waals surface area contributed by atoms with Crippen LogP contribution in [-0.2, 0) is 32.6 Å². The molecule has 1 aliphatic heterocycles. The van der Waals surface area contributed by atoms with Crippen molar-refractivity contribution in [2.45, 2.75) is 57.8 Å². The minimum Gasteiger partial charge on any atom is -0.330 e. The lowest BCUT2D eigenvalue weighted by Crippen LogP contribution is -2.46. The van der Waals surface area contributed by atoms with E-state index in [4.69, 9.17) is 16.7 Å². The van der Waals surface area contributed by atoms with Crippen molar-refractivity contribution in [2.75, 3.05) is 0 Å². The molecule has 45 heavy (non-hydrogen) atoms. The fourth-order valence-corrected chi connectivity index (χ4v) is 6.62. The molecule has 13 heteroatoms. The van der Waals surface area contributed by atoms with Gasteiger partial charge in [0, 0.05) is 35.3 Å². The highest BCUT2D eigenvalue weighted by atomic mass is 35.5. The average molecular weight is 636 g/mol. The van der Waals surface area contributed by atoms with Gasteiger partial charge >= 0.3 is 6.18 Å². The van der Waals surface area contributed by atoms with Crippen LogP contribution >= 0.6 is 11.6 Å². The number of halogens is 4. The van der Waals surface area contributed by atoms with Crippen LogP contribution in [0.2, 0.25) is 5.02 Å². The molecule has 7 rings (SSSR count). The van der Waals surface area contributed by atoms with Crippen molar-refractivity contribution in [1.29, 1.82) is 0 Å². The summed E-state index contributed by atoms with van der Waals surface area (Å²) in [6.07, 6.45) is 3.08. The molecular formula is C32H29ClF3N7O2. The van der Waals surface area contributed by atoms with Gasteiger partial charge in [0.1, 0.15) is 12.0 Å². The van der Waals surface area contributed by atoms with Gasteiger partial charge in [-0.05, 0) is 68.1 Å². The van der Waals surface area contributed by atoms with E-state index in [1.54, 1.807) is 28.5 Å². The zero-order chi connectivity index (χ0) is 31.6. The second-order valence-electron chi connectivity index (χ2n) is 12.0. The largest absolute Gasteiger partial charge is 0.417 e. The second-order valence-corrected chi connectivity index (χ2v) is 12.4. The van der Waals surface area contributed by atoms with Crippen molar-refractivity contribution in [1.82, 2.24) is 33.8 Å². The van der Waals surface area contributed by atoms with Crippen LogP contribution in [0.5, 0.6) is 0 Å². The number of fused-ring (bicyclic) bond motifs is 3. The molecule has 3 aromatic heterocycles. The van der Waals surface area contributed by atoms with Crippen LogP contribution in [0.15, 0.2) is 59.8 Å². The van der Waals surface area contributed by atoms with E-state index in [9.17, 15) is 22.8 Å². The standard InChI is InChI=1S/C32H29ClF3N7O2/c1-18-12-24-27(16-41(18)30(44)21-8-11-26(33)25(14-21)32(34,35)36)43-29(22(15-38-43)13-19-4-3-5-19)42(31(24)45)23-9-6-20(7-10-23)28-39-37-17-40(28)2/h6-11,14-15,17-19H,3-5,12-13,16H2,1-2H3. The molecule has 0 saturated heterocycles. The van der Waals surface area contributed by atoms with E-state index < -0.39 is 28.7 Å². The van der Waals surface area contributed by atoms with Gasteiger partial charge in [0.25, 0.3) is 11.5 Å². The van der Waals surface area contributed by atoms with Gasteiger partial charge in [0.2, 0.25) is 0 Å². The highest BCUT2D eigenvalue weighted by molar-refractivity contribution is 6.31. The normalized spacial score (nSPS) is 17.0. The van der Waals surface area contributed by atoms with Crippen LogP contribution in [0.25, 0.3) is 22.7 Å². The molecule has 2 aromatic carbocycles. The minimum atomic E-state index is -4.71. The van der Waals surface area contributed by atoms with Crippen molar-refractivity contribution in [3.05, 3.63) is 98.3 Å². The van der Waals surface area contributed by atoms with Gasteiger partial charge in [-0.3, -0.25) is 14.2 Å². The Morgan fingerprint density at radius 2 is 1.87 bits per heavy atom. The summed E-state index contributed by atoms with van der Waals surface area (Å²) in [5.74, 6) is 0.622. The number of hydrogen-bond acceptors (Lipinski definition) is 5. The first-order valence-corrected chi connectivity index (χ1v) is 15.1. The van der Waals surface area contributed by atoms with Gasteiger partial charge in [-0.25, -0.2) is 4.52 Å². The Bertz CT molecular complexity index is 2010. The van der Waals surface area contributed by atoms with E-state index >= 15 is 0 Å². The van der Waals surface area contributed by atoms with E-state index in [2.05, 4.69) is 10.2 Å². The number of benzene rings is 2. The highest BCUT2D eigenvalue weighted by Crippen LogP contribution is 2.36. The molecule has 1 aliphatic carbocycles. The number of amides is 1. The lowest BCUT2D eigenvalue weighted by molar-refractivity contribution is -0.137. The maximum Gasteiger partial charge on any atom is 0.417 e. The number of carbonyl (C=O) groups excluding carboxylic acids is 1. The van der Waals surface area contributed by atoms with Gasteiger partial charge < -0.3 is 9.47 Å². The number of hydrogen-bond donors (Lipinski definition) is 0. The molecule has 1 atom stereocenters. The van der Waals surface area contributed by atoms with Gasteiger partial charge in [-0.15, -0.1) is 10.2 Å². The van der Waals surface area contributed by atoms with Crippen molar-refractivity contribution in [3.8, 4) is 17.1 Å². The topological polar surface area (TPSA) is 90.3 Å². The molecule has 1 amide bonds. The van der Waals surface area contributed by atoms with Crippen molar-refractivity contribution < 1.29 is 18.0 Å². The molecule has 0 spiro atoms. The van der Waals surface area contributed by atoms with Gasteiger partial charge in [0.05, 0.1) is 34.7 Å². The third-order valence-electron chi connectivity index (χ3n) is 9.05. The molecule has 5 aromatic rings. The Morgan fingerprint density at radius 3 is 2.51 bits per heavy atom. The molecule has 2 aliphatic rings. The number of aromatic nitrogens is 6. The number of carbonyl (C=O) groups is 1. The molecule has 0 bridgehead atoms. The molecule has 9 nitrogen and oxygen atoms in total. The van der Waals surface area contributed by atoms with Crippen LogP contribution in [0.4, 0.5) is 13.2 Å². The van der Waals surface area contributed by atoms with E-state index in [0.29, 0.717) is 34.3 Å². The maximum atomic E-state index is 14.4. The fourth-order valence-electron chi connectivity index (χ4n) is 6.39. The second kappa shape index (κ2) is 10.9. The smallest absolute Gasteiger partial charge is 0.330 e. The Morgan fingerprint density at radius 1 is 1.11 bits per heavy atom. The van der Waals surface area contributed by atoms with E-state index in [1.165, 1.54) is 17.4 Å². The summed E-state index contributed by atoms with van der Waals surface area (Å²) in [5, 5.41) is 12.4. The van der Waals surface area contributed by atoms with Crippen molar-refractivity contribution in [2.24, 2.45) is 13.0 Å². The number of nitrogens with zero attached hydrogens (tertiary/aromatic N) is 7. The van der Waals surface area contributed by atoms with Crippen molar-refractivity contribution in [3.63, 3.8) is 0 Å². The Hall–Kier alpha value is -4.45. The first kappa shape index (κ1) is 29.3. The Kier molecular flexibility index (Phi) is 7.07. The lowest BCUT2D eigenvalue weighted by atomic mass is 9.81. The van der Waals surface area contributed by atoms with Crippen molar-refractivity contribution >= 4 is 23.2 Å². The van der Waals surface area contributed by atoms with E-state index in [-0.39, 0.29) is 24.1 Å². The Labute approximate surface area is 260 Å². The molecule has 232 valence electrons. The summed E-state index contributed by atoms with van der Waals surface area (Å²) in [7, 11) is 1.86. The molecule has 0 radical (unpaired) electrons. The molecule has 1 unspecified atom stereocenters. The minimum absolute atomic E-state index is 0.0154. The SMILES string of the molecule is CC1Cc2c(n3ncc(CC4CCC4)c3n(-c3ccc(-c4nncn4C)cc3)c2=O)CN1C(=O)c1ccc(Cl)c(C(F)(F)F)c1. The van der Waals surface area contributed by atoms with Crippen LogP contribution in [0.3, 0.4) is 0 Å². The van der Waals surface area contributed by atoms with Gasteiger partial charge in [-0.2, -0.15) is 18.3 Å². The zero-order valence-corrected chi connectivity index (χ0v) is 25.3. The fraction of sp³-hybridized carbons (Fsp3) is 0.344. The summed E-state index contributed by atoms with van der Waals surface area (Å²) < 4.78 is 46.0. The van der Waals surface area contributed by atoms with E-state index in [0.717, 1.165) is 42.5 Å². The molecule has 1 saturated carbocycles. The number of alkyl halides is 3.